The number of ether oxygens (including phenoxy) is 2. The van der Waals surface area contributed by atoms with Crippen molar-refractivity contribution in [2.45, 2.75) is 57.4 Å². The molecule has 3 heterocycles. The number of aliphatic hydroxyl groups excluding tert-OH is 1. The van der Waals surface area contributed by atoms with Gasteiger partial charge in [-0.25, -0.2) is 0 Å². The Kier molecular flexibility index (Phi) is 7.39. The fraction of sp³-hybridized carbons (Fsp3) is 0.500. The molecule has 3 unspecified atom stereocenters. The van der Waals surface area contributed by atoms with Gasteiger partial charge in [0.25, 0.3) is 0 Å². The van der Waals surface area contributed by atoms with Crippen LogP contribution in [0.15, 0.2) is 54.6 Å². The Morgan fingerprint density at radius 2 is 1.85 bits per heavy atom. The minimum absolute atomic E-state index is 0.0557. The van der Waals surface area contributed by atoms with E-state index in [9.17, 15) is 19.5 Å². The minimum atomic E-state index is -1.12. The molecule has 9 nitrogen and oxygen atoms in total. The Balaban J connectivity index is 1.44. The number of anilines is 1. The summed E-state index contributed by atoms with van der Waals surface area (Å²) in [5.74, 6) is -1.81. The third-order valence-electron chi connectivity index (χ3n) is 8.64. The maximum Gasteiger partial charge on any atom is 0.246 e. The molecule has 0 aromatic heterocycles. The van der Waals surface area contributed by atoms with Gasteiger partial charge in [-0.1, -0.05) is 37.3 Å². The molecule has 3 N–H and O–H groups in total. The molecule has 2 aromatic carbocycles. The first kappa shape index (κ1) is 27.1. The predicted octanol–water partition coefficient (Wildman–Crippen LogP) is 2.73. The van der Waals surface area contributed by atoms with E-state index in [0.717, 1.165) is 5.56 Å². The summed E-state index contributed by atoms with van der Waals surface area (Å²) in [6, 6.07) is 15.8. The normalized spacial score (nSPS) is 30.8. The molecule has 3 aliphatic rings. The number of carbonyl (C=O) groups is 3. The average molecular weight is 536 g/mol. The largest absolute Gasteiger partial charge is 0.494 e. The molecule has 3 amide bonds. The summed E-state index contributed by atoms with van der Waals surface area (Å²) in [6.45, 7) is 6.75. The van der Waals surface area contributed by atoms with Crippen molar-refractivity contribution < 1.29 is 29.0 Å². The molecule has 9 heteroatoms. The number of amides is 3. The Hall–Kier alpha value is -3.43. The highest BCUT2D eigenvalue weighted by Crippen LogP contribution is 2.65. The van der Waals surface area contributed by atoms with E-state index in [2.05, 4.69) is 10.6 Å². The smallest absolute Gasteiger partial charge is 0.246 e. The van der Waals surface area contributed by atoms with Crippen LogP contribution in [-0.2, 0) is 25.7 Å². The number of benzene rings is 2. The monoisotopic (exact) mass is 535 g/mol. The van der Waals surface area contributed by atoms with Gasteiger partial charge in [0.2, 0.25) is 17.7 Å². The van der Waals surface area contributed by atoms with E-state index in [4.69, 9.17) is 9.47 Å². The van der Waals surface area contributed by atoms with E-state index in [-0.39, 0.29) is 36.8 Å². The van der Waals surface area contributed by atoms with Gasteiger partial charge < -0.3 is 30.1 Å². The van der Waals surface area contributed by atoms with E-state index in [1.807, 2.05) is 51.1 Å². The van der Waals surface area contributed by atoms with Crippen LogP contribution >= 0.6 is 0 Å². The van der Waals surface area contributed by atoms with Crippen molar-refractivity contribution in [2.75, 3.05) is 25.1 Å². The molecular formula is C30H37N3O6. The van der Waals surface area contributed by atoms with Gasteiger partial charge in [0, 0.05) is 25.4 Å². The van der Waals surface area contributed by atoms with Crippen LogP contribution in [0.3, 0.4) is 0 Å². The highest BCUT2D eigenvalue weighted by Gasteiger charge is 2.79. The molecule has 0 saturated carbocycles. The van der Waals surface area contributed by atoms with Crippen molar-refractivity contribution >= 4 is 23.4 Å². The average Bonchev–Trinajstić information content (AvgIpc) is 3.44. The maximum absolute atomic E-state index is 14.0. The number of carbonyl (C=O) groups excluding carboxylic acids is 3. The Morgan fingerprint density at radius 1 is 1.13 bits per heavy atom. The summed E-state index contributed by atoms with van der Waals surface area (Å²) in [6.07, 6.45) is 0.818. The SMILES string of the molecule is CCOc1ccc(NC(=O)[C@@H]2[C@H]3C(=O)N(CCCO)C(C(=O)NCc4ccccc4)C34CC(C)[C@@]2(C)O4)cc1. The highest BCUT2D eigenvalue weighted by atomic mass is 16.5. The fourth-order valence-corrected chi connectivity index (χ4v) is 6.82. The second-order valence-electron chi connectivity index (χ2n) is 11.0. The van der Waals surface area contributed by atoms with Crippen LogP contribution in [0, 0.1) is 17.8 Å². The van der Waals surface area contributed by atoms with Gasteiger partial charge >= 0.3 is 0 Å². The van der Waals surface area contributed by atoms with Crippen LogP contribution in [0.5, 0.6) is 5.75 Å². The lowest BCUT2D eigenvalue weighted by molar-refractivity contribution is -0.146. The van der Waals surface area contributed by atoms with Gasteiger partial charge in [0.05, 0.1) is 24.0 Å². The standard InChI is InChI=1S/C30H37N3O6/c1-4-38-22-13-11-21(12-14-22)32-26(35)23-24-28(37)33(15-8-16-34)25(30(24)17-19(2)29(23,3)39-30)27(36)31-18-20-9-6-5-7-10-20/h5-7,9-14,19,23-25,34H,4,8,15-18H2,1-3H3,(H,31,36)(H,32,35)/t19?,23-,24-,25?,29+,30?/m0/s1. The number of nitrogens with one attached hydrogen (secondary N) is 2. The van der Waals surface area contributed by atoms with Gasteiger partial charge in [-0.2, -0.15) is 0 Å². The number of likely N-dealkylation sites (tertiary alicyclic amines) is 1. The first-order valence-corrected chi connectivity index (χ1v) is 13.7. The summed E-state index contributed by atoms with van der Waals surface area (Å²) in [5, 5.41) is 15.5. The maximum atomic E-state index is 14.0. The topological polar surface area (TPSA) is 117 Å². The van der Waals surface area contributed by atoms with E-state index >= 15 is 0 Å². The lowest BCUT2D eigenvalue weighted by Gasteiger charge is -2.36. The van der Waals surface area contributed by atoms with Crippen molar-refractivity contribution in [3.63, 3.8) is 0 Å². The van der Waals surface area contributed by atoms with Crippen molar-refractivity contribution in [1.29, 1.82) is 0 Å². The summed E-state index contributed by atoms with van der Waals surface area (Å²) in [4.78, 5) is 43.1. The quantitative estimate of drug-likeness (QED) is 0.431. The van der Waals surface area contributed by atoms with Crippen LogP contribution in [0.1, 0.15) is 39.2 Å². The van der Waals surface area contributed by atoms with Crippen LogP contribution in [0.25, 0.3) is 0 Å². The Bertz CT molecular complexity index is 1220. The lowest BCUT2D eigenvalue weighted by Crippen LogP contribution is -2.55. The molecule has 6 atom stereocenters. The van der Waals surface area contributed by atoms with Crippen molar-refractivity contribution in [1.82, 2.24) is 10.2 Å². The number of aliphatic hydroxyl groups is 1. The zero-order valence-electron chi connectivity index (χ0n) is 22.7. The molecule has 2 bridgehead atoms. The molecule has 0 radical (unpaired) electrons. The van der Waals surface area contributed by atoms with E-state index in [1.54, 1.807) is 24.3 Å². The van der Waals surface area contributed by atoms with Crippen LogP contribution < -0.4 is 15.4 Å². The highest BCUT2D eigenvalue weighted by molar-refractivity contribution is 6.02. The molecule has 5 rings (SSSR count). The second-order valence-corrected chi connectivity index (χ2v) is 11.0. The molecule has 2 aromatic rings. The molecular weight excluding hydrogens is 498 g/mol. The summed E-state index contributed by atoms with van der Waals surface area (Å²) in [5.41, 5.74) is -0.495. The van der Waals surface area contributed by atoms with Gasteiger partial charge in [-0.05, 0) is 62.4 Å². The molecule has 3 fully saturated rings. The minimum Gasteiger partial charge on any atom is -0.494 e. The summed E-state index contributed by atoms with van der Waals surface area (Å²) in [7, 11) is 0. The van der Waals surface area contributed by atoms with E-state index in [0.29, 0.717) is 37.4 Å². The van der Waals surface area contributed by atoms with Crippen LogP contribution in [0.2, 0.25) is 0 Å². The zero-order chi connectivity index (χ0) is 27.8. The first-order chi connectivity index (χ1) is 18.7. The number of hydrogen-bond donors (Lipinski definition) is 3. The number of nitrogens with zero attached hydrogens (tertiary/aromatic N) is 1. The number of rotatable bonds is 10. The molecule has 0 aliphatic carbocycles. The third-order valence-corrected chi connectivity index (χ3v) is 8.64. The van der Waals surface area contributed by atoms with Crippen LogP contribution in [-0.4, -0.2) is 64.7 Å². The zero-order valence-corrected chi connectivity index (χ0v) is 22.7. The number of fused-ring (bicyclic) bond motifs is 1. The number of hydrogen-bond acceptors (Lipinski definition) is 6. The van der Waals surface area contributed by atoms with E-state index in [1.165, 1.54) is 4.90 Å². The molecule has 3 saturated heterocycles. The predicted molar refractivity (Wildman–Crippen MR) is 145 cm³/mol. The van der Waals surface area contributed by atoms with Crippen molar-refractivity contribution in [2.24, 2.45) is 17.8 Å². The van der Waals surface area contributed by atoms with Crippen molar-refractivity contribution in [3.8, 4) is 5.75 Å². The lowest BCUT2D eigenvalue weighted by atomic mass is 9.62. The van der Waals surface area contributed by atoms with Crippen molar-refractivity contribution in [3.05, 3.63) is 60.2 Å². The van der Waals surface area contributed by atoms with Gasteiger partial charge in [0.15, 0.2) is 0 Å². The summed E-state index contributed by atoms with van der Waals surface area (Å²) >= 11 is 0. The fourth-order valence-electron chi connectivity index (χ4n) is 6.82. The van der Waals surface area contributed by atoms with Gasteiger partial charge in [-0.15, -0.1) is 0 Å². The first-order valence-electron chi connectivity index (χ1n) is 13.7. The third kappa shape index (κ3) is 4.57. The van der Waals surface area contributed by atoms with Gasteiger partial charge in [-0.3, -0.25) is 14.4 Å². The Morgan fingerprint density at radius 3 is 2.51 bits per heavy atom. The summed E-state index contributed by atoms with van der Waals surface area (Å²) < 4.78 is 12.2. The van der Waals surface area contributed by atoms with Crippen LogP contribution in [0.4, 0.5) is 5.69 Å². The molecule has 3 aliphatic heterocycles. The van der Waals surface area contributed by atoms with E-state index < -0.39 is 29.1 Å². The molecule has 208 valence electrons. The molecule has 1 spiro atoms. The van der Waals surface area contributed by atoms with Gasteiger partial charge in [0.1, 0.15) is 17.4 Å². The Labute approximate surface area is 228 Å². The molecule has 39 heavy (non-hydrogen) atoms. The second kappa shape index (κ2) is 10.6.